The number of nitrogens with zero attached hydrogens (tertiary/aromatic N) is 1. The maximum absolute atomic E-state index is 5.80. The highest BCUT2D eigenvalue weighted by Crippen LogP contribution is 2.20. The summed E-state index contributed by atoms with van der Waals surface area (Å²) >= 11 is 0. The Morgan fingerprint density at radius 1 is 1.04 bits per heavy atom. The standard InChI is InChI=1S/C23H33NO2/c1-3-4-18-24(21-14-16-22(25-2)17-15-21)19-10-5-6-11-20-26-23-12-8-7-9-13-23/h3,8,12-17H,1,4-7,9-11,18-20H2,2H3. The summed E-state index contributed by atoms with van der Waals surface area (Å²) in [5.41, 5.74) is 1.26. The lowest BCUT2D eigenvalue weighted by molar-refractivity contribution is 0.215. The van der Waals surface area contributed by atoms with Crippen molar-refractivity contribution in [2.45, 2.75) is 44.9 Å². The van der Waals surface area contributed by atoms with Crippen LogP contribution in [0.15, 0.2) is 60.9 Å². The van der Waals surface area contributed by atoms with Gasteiger partial charge in [0.05, 0.1) is 13.7 Å². The van der Waals surface area contributed by atoms with Crippen LogP contribution in [0, 0.1) is 0 Å². The van der Waals surface area contributed by atoms with Crippen LogP contribution in [0.3, 0.4) is 0 Å². The highest BCUT2D eigenvalue weighted by molar-refractivity contribution is 5.49. The van der Waals surface area contributed by atoms with Crippen molar-refractivity contribution in [1.82, 2.24) is 0 Å². The quantitative estimate of drug-likeness (QED) is 0.325. The summed E-state index contributed by atoms with van der Waals surface area (Å²) in [6, 6.07) is 8.34. The number of allylic oxidation sites excluding steroid dienone is 3. The molecule has 1 aromatic carbocycles. The predicted octanol–water partition coefficient (Wildman–Crippen LogP) is 5.89. The molecule has 0 aromatic heterocycles. The third kappa shape index (κ3) is 7.38. The molecule has 0 atom stereocenters. The van der Waals surface area contributed by atoms with Gasteiger partial charge >= 0.3 is 0 Å². The maximum Gasteiger partial charge on any atom is 0.119 e. The molecule has 3 nitrogen and oxygen atoms in total. The number of unbranched alkanes of at least 4 members (excludes halogenated alkanes) is 3. The minimum Gasteiger partial charge on any atom is -0.497 e. The van der Waals surface area contributed by atoms with Gasteiger partial charge in [-0.2, -0.15) is 0 Å². The number of hydrogen-bond donors (Lipinski definition) is 0. The zero-order valence-corrected chi connectivity index (χ0v) is 16.2. The Labute approximate surface area is 159 Å². The highest BCUT2D eigenvalue weighted by atomic mass is 16.5. The molecular formula is C23H33NO2. The summed E-state index contributed by atoms with van der Waals surface area (Å²) in [6.07, 6.45) is 16.5. The molecule has 0 amide bonds. The van der Waals surface area contributed by atoms with Gasteiger partial charge in [-0.15, -0.1) is 6.58 Å². The second-order valence-corrected chi connectivity index (χ2v) is 6.61. The van der Waals surface area contributed by atoms with Crippen LogP contribution in [0.5, 0.6) is 5.75 Å². The summed E-state index contributed by atoms with van der Waals surface area (Å²) in [6.45, 7) is 6.77. The van der Waals surface area contributed by atoms with E-state index in [0.29, 0.717) is 0 Å². The van der Waals surface area contributed by atoms with Gasteiger partial charge in [0, 0.05) is 18.8 Å². The first kappa shape index (κ1) is 20.2. The van der Waals surface area contributed by atoms with E-state index in [9.17, 15) is 0 Å². The monoisotopic (exact) mass is 355 g/mol. The zero-order chi connectivity index (χ0) is 18.5. The molecule has 0 N–H and O–H groups in total. The predicted molar refractivity (Wildman–Crippen MR) is 111 cm³/mol. The van der Waals surface area contributed by atoms with Crippen molar-refractivity contribution in [2.75, 3.05) is 31.7 Å². The van der Waals surface area contributed by atoms with E-state index in [-0.39, 0.29) is 0 Å². The zero-order valence-electron chi connectivity index (χ0n) is 16.2. The summed E-state index contributed by atoms with van der Waals surface area (Å²) in [4.78, 5) is 2.44. The first-order valence-electron chi connectivity index (χ1n) is 9.83. The van der Waals surface area contributed by atoms with Gasteiger partial charge in [0.2, 0.25) is 0 Å². The van der Waals surface area contributed by atoms with Crippen molar-refractivity contribution in [1.29, 1.82) is 0 Å². The summed E-state index contributed by atoms with van der Waals surface area (Å²) in [5, 5.41) is 0. The van der Waals surface area contributed by atoms with Crippen LogP contribution in [0.25, 0.3) is 0 Å². The first-order chi connectivity index (χ1) is 12.8. The average molecular weight is 356 g/mol. The molecule has 1 aliphatic carbocycles. The lowest BCUT2D eigenvalue weighted by Crippen LogP contribution is -2.25. The normalized spacial score (nSPS) is 13.2. The van der Waals surface area contributed by atoms with Gasteiger partial charge in [-0.3, -0.25) is 0 Å². The fraction of sp³-hybridized carbons (Fsp3) is 0.478. The van der Waals surface area contributed by atoms with Gasteiger partial charge in [-0.05, 0) is 68.5 Å². The molecule has 0 saturated carbocycles. The molecule has 0 saturated heterocycles. The highest BCUT2D eigenvalue weighted by Gasteiger charge is 2.06. The number of ether oxygens (including phenoxy) is 2. The van der Waals surface area contributed by atoms with E-state index in [1.807, 2.05) is 18.2 Å². The van der Waals surface area contributed by atoms with E-state index < -0.39 is 0 Å². The van der Waals surface area contributed by atoms with Crippen LogP contribution in [0.4, 0.5) is 5.69 Å². The van der Waals surface area contributed by atoms with Crippen molar-refractivity contribution in [3.05, 3.63) is 60.9 Å². The van der Waals surface area contributed by atoms with Crippen LogP contribution >= 0.6 is 0 Å². The molecule has 0 radical (unpaired) electrons. The van der Waals surface area contributed by atoms with Crippen molar-refractivity contribution in [3.63, 3.8) is 0 Å². The number of hydrogen-bond acceptors (Lipinski definition) is 3. The Hall–Kier alpha value is -2.16. The van der Waals surface area contributed by atoms with Crippen LogP contribution in [-0.2, 0) is 4.74 Å². The summed E-state index contributed by atoms with van der Waals surface area (Å²) < 4.78 is 11.1. The molecule has 0 heterocycles. The van der Waals surface area contributed by atoms with Crippen LogP contribution in [-0.4, -0.2) is 26.8 Å². The second kappa shape index (κ2) is 12.2. The van der Waals surface area contributed by atoms with Gasteiger partial charge in [0.25, 0.3) is 0 Å². The Kier molecular flexibility index (Phi) is 9.48. The Balaban J connectivity index is 1.65. The molecule has 0 unspecified atom stereocenters. The first-order valence-corrected chi connectivity index (χ1v) is 9.83. The molecule has 1 aromatic rings. The molecule has 0 bridgehead atoms. The number of anilines is 1. The van der Waals surface area contributed by atoms with Crippen molar-refractivity contribution >= 4 is 5.69 Å². The smallest absolute Gasteiger partial charge is 0.119 e. The topological polar surface area (TPSA) is 21.7 Å². The molecule has 142 valence electrons. The third-order valence-electron chi connectivity index (χ3n) is 4.59. The molecule has 2 rings (SSSR count). The van der Waals surface area contributed by atoms with E-state index in [1.54, 1.807) is 7.11 Å². The minimum atomic E-state index is 0.828. The van der Waals surface area contributed by atoms with Gasteiger partial charge < -0.3 is 14.4 Å². The van der Waals surface area contributed by atoms with E-state index in [4.69, 9.17) is 9.47 Å². The Bertz CT molecular complexity index is 574. The van der Waals surface area contributed by atoms with E-state index >= 15 is 0 Å². The maximum atomic E-state index is 5.80. The molecule has 0 spiro atoms. The SMILES string of the molecule is C=CCCN(CCCCCCOC1=CCCC=C1)c1ccc(OC)cc1. The summed E-state index contributed by atoms with van der Waals surface area (Å²) in [7, 11) is 1.70. The molecule has 26 heavy (non-hydrogen) atoms. The van der Waals surface area contributed by atoms with Crippen LogP contribution in [0.2, 0.25) is 0 Å². The number of rotatable bonds is 13. The van der Waals surface area contributed by atoms with E-state index in [1.165, 1.54) is 24.9 Å². The lowest BCUT2D eigenvalue weighted by atomic mass is 10.1. The van der Waals surface area contributed by atoms with E-state index in [2.05, 4.69) is 41.8 Å². The van der Waals surface area contributed by atoms with Crippen molar-refractivity contribution < 1.29 is 9.47 Å². The van der Waals surface area contributed by atoms with Gasteiger partial charge in [-0.25, -0.2) is 0 Å². The van der Waals surface area contributed by atoms with Crippen LogP contribution in [0.1, 0.15) is 44.9 Å². The fourth-order valence-corrected chi connectivity index (χ4v) is 3.05. The van der Waals surface area contributed by atoms with E-state index in [0.717, 1.165) is 56.9 Å². The minimum absolute atomic E-state index is 0.828. The number of methoxy groups -OCH3 is 1. The average Bonchev–Trinajstić information content (AvgIpc) is 2.70. The summed E-state index contributed by atoms with van der Waals surface area (Å²) in [5.74, 6) is 1.95. The van der Waals surface area contributed by atoms with Gasteiger partial charge in [0.15, 0.2) is 0 Å². The molecule has 3 heteroatoms. The van der Waals surface area contributed by atoms with Gasteiger partial charge in [0.1, 0.15) is 11.5 Å². The Morgan fingerprint density at radius 2 is 1.85 bits per heavy atom. The third-order valence-corrected chi connectivity index (χ3v) is 4.59. The molecule has 0 fully saturated rings. The van der Waals surface area contributed by atoms with Crippen molar-refractivity contribution in [3.8, 4) is 5.75 Å². The number of benzene rings is 1. The lowest BCUT2D eigenvalue weighted by Gasteiger charge is -2.24. The fourth-order valence-electron chi connectivity index (χ4n) is 3.05. The van der Waals surface area contributed by atoms with Crippen LogP contribution < -0.4 is 9.64 Å². The van der Waals surface area contributed by atoms with Crippen molar-refractivity contribution in [2.24, 2.45) is 0 Å². The molecular weight excluding hydrogens is 322 g/mol. The molecule has 1 aliphatic rings. The largest absolute Gasteiger partial charge is 0.497 e. The second-order valence-electron chi connectivity index (χ2n) is 6.61. The Morgan fingerprint density at radius 3 is 2.54 bits per heavy atom. The van der Waals surface area contributed by atoms with Gasteiger partial charge in [-0.1, -0.05) is 25.0 Å². The molecule has 0 aliphatic heterocycles.